The van der Waals surface area contributed by atoms with Crippen LogP contribution in [0.4, 0.5) is 0 Å². The Kier molecular flexibility index (Phi) is 5.62. The van der Waals surface area contributed by atoms with E-state index in [4.69, 9.17) is 5.73 Å². The van der Waals surface area contributed by atoms with Crippen molar-refractivity contribution in [3.05, 3.63) is 0 Å². The normalized spacial score (nSPS) is 35.0. The van der Waals surface area contributed by atoms with Gasteiger partial charge in [0.1, 0.15) is 0 Å². The van der Waals surface area contributed by atoms with Gasteiger partial charge in [-0.2, -0.15) is 0 Å². The smallest absolute Gasteiger partial charge is 0.278 e. The van der Waals surface area contributed by atoms with Gasteiger partial charge in [0, 0.05) is 24.8 Å². The van der Waals surface area contributed by atoms with Gasteiger partial charge in [-0.1, -0.05) is 19.8 Å². The number of amides is 2. The first-order chi connectivity index (χ1) is 9.99. The molecule has 2 fully saturated rings. The molecule has 0 spiro atoms. The monoisotopic (exact) mass is 296 g/mol. The second kappa shape index (κ2) is 7.25. The van der Waals surface area contributed by atoms with Gasteiger partial charge in [0.25, 0.3) is 5.91 Å². The maximum atomic E-state index is 12.4. The van der Waals surface area contributed by atoms with Gasteiger partial charge in [0.05, 0.1) is 13.1 Å². The third-order valence-electron chi connectivity index (χ3n) is 5.47. The Bertz CT molecular complexity index is 378. The van der Waals surface area contributed by atoms with Crippen molar-refractivity contribution in [1.29, 1.82) is 0 Å². The number of carbonyl (C=O) groups is 2. The molecule has 0 aromatic heterocycles. The zero-order chi connectivity index (χ0) is 15.4. The topological polar surface area (TPSA) is 76.6 Å². The SMILES string of the molecule is C[C@@H]1CCCC[C@@H]1NC(=O)[C@@H](C)[NH+]1CCC(C(N)=O)CC1. The van der Waals surface area contributed by atoms with Crippen molar-refractivity contribution in [3.63, 3.8) is 0 Å². The quantitative estimate of drug-likeness (QED) is 0.675. The summed E-state index contributed by atoms with van der Waals surface area (Å²) in [5.74, 6) is 0.566. The molecule has 1 saturated carbocycles. The summed E-state index contributed by atoms with van der Waals surface area (Å²) in [6, 6.07) is 0.309. The Balaban J connectivity index is 1.81. The highest BCUT2D eigenvalue weighted by Crippen LogP contribution is 2.23. The van der Waals surface area contributed by atoms with E-state index in [0.717, 1.165) is 32.4 Å². The van der Waals surface area contributed by atoms with Gasteiger partial charge in [-0.05, 0) is 25.7 Å². The van der Waals surface area contributed by atoms with Gasteiger partial charge >= 0.3 is 0 Å². The molecule has 1 saturated heterocycles. The molecule has 2 amide bonds. The molecule has 0 bridgehead atoms. The van der Waals surface area contributed by atoms with Crippen molar-refractivity contribution in [1.82, 2.24) is 5.32 Å². The summed E-state index contributed by atoms with van der Waals surface area (Å²) in [7, 11) is 0. The van der Waals surface area contributed by atoms with Crippen LogP contribution in [-0.4, -0.2) is 37.0 Å². The Morgan fingerprint density at radius 1 is 1.14 bits per heavy atom. The Hall–Kier alpha value is -1.10. The van der Waals surface area contributed by atoms with Gasteiger partial charge in [-0.25, -0.2) is 0 Å². The second-order valence-electron chi connectivity index (χ2n) is 6.93. The van der Waals surface area contributed by atoms with Gasteiger partial charge in [-0.15, -0.1) is 0 Å². The van der Waals surface area contributed by atoms with Gasteiger partial charge in [-0.3, -0.25) is 9.59 Å². The van der Waals surface area contributed by atoms with E-state index in [1.165, 1.54) is 24.2 Å². The molecule has 0 aromatic carbocycles. The molecule has 5 nitrogen and oxygen atoms in total. The molecule has 0 unspecified atom stereocenters. The second-order valence-corrected chi connectivity index (χ2v) is 6.93. The Labute approximate surface area is 127 Å². The van der Waals surface area contributed by atoms with Crippen molar-refractivity contribution in [2.45, 2.75) is 64.5 Å². The predicted molar refractivity (Wildman–Crippen MR) is 81.6 cm³/mol. The zero-order valence-electron chi connectivity index (χ0n) is 13.4. The molecular formula is C16H30N3O2+. The van der Waals surface area contributed by atoms with Crippen LogP contribution in [0, 0.1) is 11.8 Å². The number of carbonyl (C=O) groups excluding carboxylic acids is 2. The molecule has 4 N–H and O–H groups in total. The van der Waals surface area contributed by atoms with Gasteiger partial charge in [0.15, 0.2) is 6.04 Å². The lowest BCUT2D eigenvalue weighted by Crippen LogP contribution is -3.17. The maximum absolute atomic E-state index is 12.4. The van der Waals surface area contributed by atoms with E-state index in [9.17, 15) is 9.59 Å². The average Bonchev–Trinajstić information content (AvgIpc) is 2.49. The highest BCUT2D eigenvalue weighted by atomic mass is 16.2. The minimum atomic E-state index is -0.192. The number of quaternary nitrogens is 1. The third kappa shape index (κ3) is 4.19. The zero-order valence-corrected chi connectivity index (χ0v) is 13.4. The lowest BCUT2D eigenvalue weighted by atomic mass is 9.86. The van der Waals surface area contributed by atoms with E-state index in [1.807, 2.05) is 6.92 Å². The van der Waals surface area contributed by atoms with Crippen LogP contribution in [0.1, 0.15) is 52.4 Å². The van der Waals surface area contributed by atoms with Crippen LogP contribution in [0.15, 0.2) is 0 Å². The van der Waals surface area contributed by atoms with Gasteiger partial charge < -0.3 is 16.0 Å². The highest BCUT2D eigenvalue weighted by Gasteiger charge is 2.33. The molecule has 21 heavy (non-hydrogen) atoms. The van der Waals surface area contributed by atoms with E-state index < -0.39 is 0 Å². The average molecular weight is 296 g/mol. The molecule has 1 aliphatic carbocycles. The van der Waals surface area contributed by atoms with Crippen LogP contribution < -0.4 is 16.0 Å². The van der Waals surface area contributed by atoms with Crippen LogP contribution in [-0.2, 0) is 9.59 Å². The number of likely N-dealkylation sites (tertiary alicyclic amines) is 1. The Morgan fingerprint density at radius 3 is 2.33 bits per heavy atom. The molecule has 1 heterocycles. The molecule has 5 heteroatoms. The minimum absolute atomic E-state index is 0.00220. The van der Waals surface area contributed by atoms with Gasteiger partial charge in [0.2, 0.25) is 5.91 Å². The molecule has 2 rings (SSSR count). The summed E-state index contributed by atoms with van der Waals surface area (Å²) in [5.41, 5.74) is 5.36. The number of nitrogens with one attached hydrogen (secondary N) is 2. The lowest BCUT2D eigenvalue weighted by molar-refractivity contribution is -0.919. The number of piperidine rings is 1. The van der Waals surface area contributed by atoms with Crippen molar-refractivity contribution in [3.8, 4) is 0 Å². The summed E-state index contributed by atoms with van der Waals surface area (Å²) in [6.07, 6.45) is 6.45. The molecule has 1 aliphatic heterocycles. The molecule has 0 aromatic rings. The summed E-state index contributed by atoms with van der Waals surface area (Å²) in [5, 5.41) is 3.25. The number of nitrogens with two attached hydrogens (primary N) is 1. The first kappa shape index (κ1) is 16.3. The van der Waals surface area contributed by atoms with Crippen molar-refractivity contribution in [2.75, 3.05) is 13.1 Å². The molecular weight excluding hydrogens is 266 g/mol. The molecule has 0 radical (unpaired) electrons. The lowest BCUT2D eigenvalue weighted by Gasteiger charge is -2.34. The first-order valence-electron chi connectivity index (χ1n) is 8.43. The summed E-state index contributed by atoms with van der Waals surface area (Å²) < 4.78 is 0. The van der Waals surface area contributed by atoms with Crippen LogP contribution >= 0.6 is 0 Å². The number of hydrogen-bond donors (Lipinski definition) is 3. The number of hydrogen-bond acceptors (Lipinski definition) is 2. The van der Waals surface area contributed by atoms with Crippen LogP contribution in [0.5, 0.6) is 0 Å². The first-order valence-corrected chi connectivity index (χ1v) is 8.43. The van der Waals surface area contributed by atoms with Crippen LogP contribution in [0.2, 0.25) is 0 Å². The minimum Gasteiger partial charge on any atom is -0.369 e. The number of rotatable bonds is 4. The van der Waals surface area contributed by atoms with E-state index >= 15 is 0 Å². The van der Waals surface area contributed by atoms with E-state index in [0.29, 0.717) is 12.0 Å². The fourth-order valence-corrected chi connectivity index (χ4v) is 3.73. The predicted octanol–water partition coefficient (Wildman–Crippen LogP) is -0.150. The fraction of sp³-hybridized carbons (Fsp3) is 0.875. The Morgan fingerprint density at radius 2 is 1.76 bits per heavy atom. The van der Waals surface area contributed by atoms with E-state index in [-0.39, 0.29) is 23.8 Å². The van der Waals surface area contributed by atoms with Crippen LogP contribution in [0.25, 0.3) is 0 Å². The molecule has 2 aliphatic rings. The largest absolute Gasteiger partial charge is 0.369 e. The molecule has 3 atom stereocenters. The standard InChI is InChI=1S/C16H29N3O2/c1-11-5-3-4-6-14(11)18-16(21)12(2)19-9-7-13(8-10-19)15(17)20/h11-14H,3-10H2,1-2H3,(H2,17,20)(H,18,21)/p+1/t11-,12-,14+/m1/s1. The fourth-order valence-electron chi connectivity index (χ4n) is 3.73. The van der Waals surface area contributed by atoms with E-state index in [1.54, 1.807) is 0 Å². The van der Waals surface area contributed by atoms with Crippen molar-refractivity contribution < 1.29 is 14.5 Å². The summed E-state index contributed by atoms with van der Waals surface area (Å²) in [4.78, 5) is 24.9. The van der Waals surface area contributed by atoms with Crippen LogP contribution in [0.3, 0.4) is 0 Å². The summed E-state index contributed by atoms with van der Waals surface area (Å²) >= 11 is 0. The third-order valence-corrected chi connectivity index (χ3v) is 5.47. The summed E-state index contributed by atoms with van der Waals surface area (Å²) in [6.45, 7) is 5.97. The number of primary amides is 1. The maximum Gasteiger partial charge on any atom is 0.278 e. The molecule has 120 valence electrons. The van der Waals surface area contributed by atoms with Crippen molar-refractivity contribution >= 4 is 11.8 Å². The van der Waals surface area contributed by atoms with E-state index in [2.05, 4.69) is 12.2 Å². The highest BCUT2D eigenvalue weighted by molar-refractivity contribution is 5.80. The van der Waals surface area contributed by atoms with Crippen molar-refractivity contribution in [2.24, 2.45) is 17.6 Å².